The molecule has 3 aromatic rings. The molecule has 0 aliphatic carbocycles. The molecular weight excluding hydrogens is 307 g/mol. The Morgan fingerprint density at radius 3 is 3.00 bits per heavy atom. The van der Waals surface area contributed by atoms with Crippen LogP contribution >= 0.6 is 0 Å². The maximum Gasteiger partial charge on any atom is 0.263 e. The molecule has 0 saturated carbocycles. The lowest BCUT2D eigenvalue weighted by molar-refractivity contribution is 0.186. The van der Waals surface area contributed by atoms with Crippen molar-refractivity contribution < 1.29 is 13.2 Å². The van der Waals surface area contributed by atoms with E-state index in [0.29, 0.717) is 18.2 Å². The fraction of sp³-hybridized carbons (Fsp3) is 0.316. The van der Waals surface area contributed by atoms with Crippen LogP contribution in [-0.2, 0) is 13.0 Å². The Morgan fingerprint density at radius 1 is 1.33 bits per heavy atom. The molecule has 0 bridgehead atoms. The highest BCUT2D eigenvalue weighted by Gasteiger charge is 2.26. The Morgan fingerprint density at radius 2 is 2.21 bits per heavy atom. The van der Waals surface area contributed by atoms with Gasteiger partial charge in [0.15, 0.2) is 5.76 Å². The third kappa shape index (κ3) is 2.65. The van der Waals surface area contributed by atoms with E-state index < -0.39 is 0 Å². The van der Waals surface area contributed by atoms with E-state index in [1.807, 2.05) is 25.1 Å². The summed E-state index contributed by atoms with van der Waals surface area (Å²) in [4.78, 5) is 6.88. The molecule has 0 radical (unpaired) electrons. The number of furan rings is 1. The first-order chi connectivity index (χ1) is 11.6. The van der Waals surface area contributed by atoms with Crippen molar-refractivity contribution in [1.29, 1.82) is 0 Å². The molecule has 1 unspecified atom stereocenters. The smallest absolute Gasteiger partial charge is 0.263 e. The summed E-state index contributed by atoms with van der Waals surface area (Å²) in [6.07, 6.45) is 2.52. The molecule has 0 spiro atoms. The first-order valence-electron chi connectivity index (χ1n) is 8.14. The van der Waals surface area contributed by atoms with Crippen LogP contribution in [0.3, 0.4) is 0 Å². The molecule has 24 heavy (non-hydrogen) atoms. The Labute approximate surface area is 139 Å². The number of oxazole rings is 1. The second-order valence-corrected chi connectivity index (χ2v) is 6.24. The van der Waals surface area contributed by atoms with Crippen molar-refractivity contribution in [2.45, 2.75) is 32.9 Å². The van der Waals surface area contributed by atoms with Gasteiger partial charge in [-0.2, -0.15) is 0 Å². The quantitative estimate of drug-likeness (QED) is 0.710. The van der Waals surface area contributed by atoms with Crippen LogP contribution in [0.1, 0.15) is 35.5 Å². The van der Waals surface area contributed by atoms with E-state index in [1.165, 1.54) is 5.56 Å². The Kier molecular flexibility index (Phi) is 3.73. The van der Waals surface area contributed by atoms with Crippen LogP contribution in [0, 0.1) is 12.7 Å². The first-order valence-corrected chi connectivity index (χ1v) is 8.14. The minimum absolute atomic E-state index is 0.146. The number of halogens is 1. The Bertz CT molecular complexity index is 854. The normalized spacial score (nSPS) is 17.9. The predicted octanol–water partition coefficient (Wildman–Crippen LogP) is 4.50. The van der Waals surface area contributed by atoms with Gasteiger partial charge >= 0.3 is 0 Å². The fourth-order valence-electron chi connectivity index (χ4n) is 3.33. The summed E-state index contributed by atoms with van der Waals surface area (Å²) in [5.74, 6) is 1.74. The molecule has 1 aromatic carbocycles. The lowest BCUT2D eigenvalue weighted by Gasteiger charge is -2.34. The highest BCUT2D eigenvalue weighted by Crippen LogP contribution is 2.32. The largest absolute Gasteiger partial charge is 0.459 e. The lowest BCUT2D eigenvalue weighted by Crippen LogP contribution is -2.33. The van der Waals surface area contributed by atoms with E-state index in [2.05, 4.69) is 16.8 Å². The lowest BCUT2D eigenvalue weighted by atomic mass is 9.93. The molecule has 1 aliphatic rings. The summed E-state index contributed by atoms with van der Waals surface area (Å²) in [7, 11) is 0. The van der Waals surface area contributed by atoms with E-state index >= 15 is 0 Å². The monoisotopic (exact) mass is 326 g/mol. The van der Waals surface area contributed by atoms with Crippen LogP contribution < -0.4 is 0 Å². The Hall–Kier alpha value is -2.40. The number of hydrogen-bond acceptors (Lipinski definition) is 4. The molecule has 3 heterocycles. The van der Waals surface area contributed by atoms with Gasteiger partial charge in [-0.15, -0.1) is 0 Å². The highest BCUT2D eigenvalue weighted by atomic mass is 19.1. The molecular formula is C19H19FN2O2. The first kappa shape index (κ1) is 15.1. The van der Waals surface area contributed by atoms with Crippen molar-refractivity contribution in [2.24, 2.45) is 0 Å². The van der Waals surface area contributed by atoms with E-state index in [0.717, 1.165) is 30.0 Å². The molecule has 0 saturated heterocycles. The number of rotatable bonds is 3. The minimum atomic E-state index is -0.180. The summed E-state index contributed by atoms with van der Waals surface area (Å²) >= 11 is 0. The number of aromatic nitrogens is 1. The van der Waals surface area contributed by atoms with Gasteiger partial charge in [0.2, 0.25) is 0 Å². The maximum absolute atomic E-state index is 13.6. The number of aryl methyl sites for hydroxylation is 1. The van der Waals surface area contributed by atoms with Gasteiger partial charge in [0.25, 0.3) is 5.89 Å². The maximum atomic E-state index is 13.6. The summed E-state index contributed by atoms with van der Waals surface area (Å²) < 4.78 is 24.7. The molecule has 0 amide bonds. The zero-order valence-electron chi connectivity index (χ0n) is 13.8. The van der Waals surface area contributed by atoms with Crippen molar-refractivity contribution >= 4 is 0 Å². The number of benzene rings is 1. The molecule has 0 fully saturated rings. The van der Waals surface area contributed by atoms with Gasteiger partial charge < -0.3 is 8.83 Å². The fourth-order valence-corrected chi connectivity index (χ4v) is 3.33. The second kappa shape index (κ2) is 5.91. The van der Waals surface area contributed by atoms with Crippen LogP contribution in [0.2, 0.25) is 0 Å². The zero-order valence-corrected chi connectivity index (χ0v) is 13.8. The summed E-state index contributed by atoms with van der Waals surface area (Å²) in [6.45, 7) is 5.62. The van der Waals surface area contributed by atoms with Crippen LogP contribution in [0.4, 0.5) is 4.39 Å². The third-order valence-electron chi connectivity index (χ3n) is 4.75. The molecule has 1 aliphatic heterocycles. The van der Waals surface area contributed by atoms with Crippen LogP contribution in [0.5, 0.6) is 0 Å². The van der Waals surface area contributed by atoms with Crippen LogP contribution in [0.15, 0.2) is 45.4 Å². The van der Waals surface area contributed by atoms with Crippen molar-refractivity contribution in [3.8, 4) is 11.7 Å². The highest BCUT2D eigenvalue weighted by molar-refractivity contribution is 5.44. The van der Waals surface area contributed by atoms with E-state index in [-0.39, 0.29) is 11.9 Å². The Balaban J connectivity index is 1.58. The predicted molar refractivity (Wildman–Crippen MR) is 87.9 cm³/mol. The van der Waals surface area contributed by atoms with Crippen molar-refractivity contribution in [3.63, 3.8) is 0 Å². The summed E-state index contributed by atoms with van der Waals surface area (Å²) in [5, 5.41) is 0. The number of hydrogen-bond donors (Lipinski definition) is 0. The van der Waals surface area contributed by atoms with Crippen molar-refractivity contribution in [1.82, 2.24) is 9.88 Å². The SMILES string of the molecule is Cc1oc(-c2ccco2)nc1CN1CCc2ccc(F)cc2C1C. The molecule has 124 valence electrons. The molecule has 2 aromatic heterocycles. The zero-order chi connectivity index (χ0) is 16.7. The van der Waals surface area contributed by atoms with Gasteiger partial charge in [-0.05, 0) is 55.7 Å². The molecule has 5 heteroatoms. The second-order valence-electron chi connectivity index (χ2n) is 6.24. The summed E-state index contributed by atoms with van der Waals surface area (Å²) in [5.41, 5.74) is 3.19. The van der Waals surface area contributed by atoms with Gasteiger partial charge in [-0.3, -0.25) is 4.90 Å². The average molecular weight is 326 g/mol. The van der Waals surface area contributed by atoms with Gasteiger partial charge in [0, 0.05) is 19.1 Å². The van der Waals surface area contributed by atoms with Crippen LogP contribution in [-0.4, -0.2) is 16.4 Å². The summed E-state index contributed by atoms with van der Waals surface area (Å²) in [6, 6.07) is 8.88. The van der Waals surface area contributed by atoms with E-state index in [9.17, 15) is 4.39 Å². The molecule has 4 nitrogen and oxygen atoms in total. The number of fused-ring (bicyclic) bond motifs is 1. The number of nitrogens with zero attached hydrogens (tertiary/aromatic N) is 2. The van der Waals surface area contributed by atoms with E-state index in [1.54, 1.807) is 18.4 Å². The average Bonchev–Trinajstić information content (AvgIpc) is 3.21. The van der Waals surface area contributed by atoms with E-state index in [4.69, 9.17) is 8.83 Å². The standard InChI is InChI=1S/C19H19FN2O2/c1-12-16-10-15(20)6-5-14(16)7-8-22(12)11-17-13(2)24-19(21-17)18-4-3-9-23-18/h3-6,9-10,12H,7-8,11H2,1-2H3. The van der Waals surface area contributed by atoms with Crippen LogP contribution in [0.25, 0.3) is 11.7 Å². The molecule has 4 rings (SSSR count). The third-order valence-corrected chi connectivity index (χ3v) is 4.75. The minimum Gasteiger partial charge on any atom is -0.459 e. The van der Waals surface area contributed by atoms with Crippen molar-refractivity contribution in [2.75, 3.05) is 6.54 Å². The van der Waals surface area contributed by atoms with Crippen molar-refractivity contribution in [3.05, 3.63) is 65.0 Å². The van der Waals surface area contributed by atoms with Gasteiger partial charge in [-0.25, -0.2) is 9.37 Å². The topological polar surface area (TPSA) is 42.4 Å². The molecule has 1 atom stereocenters. The van der Waals surface area contributed by atoms with Gasteiger partial charge in [0.05, 0.1) is 12.0 Å². The van der Waals surface area contributed by atoms with Gasteiger partial charge in [-0.1, -0.05) is 6.07 Å². The molecule has 0 N–H and O–H groups in total. The van der Waals surface area contributed by atoms with Gasteiger partial charge in [0.1, 0.15) is 11.6 Å².